The number of halogens is 3. The van der Waals surface area contributed by atoms with Crippen LogP contribution in [-0.2, 0) is 19.8 Å². The molecule has 0 spiro atoms. The SMILES string of the molecule is Cn1cnnc1CN1CCCC(COc2ncccc2C(F)(F)F)C1. The molecule has 0 radical (unpaired) electrons. The molecule has 1 aliphatic rings. The highest BCUT2D eigenvalue weighted by Gasteiger charge is 2.35. The zero-order chi connectivity index (χ0) is 17.9. The van der Waals surface area contributed by atoms with E-state index in [0.717, 1.165) is 37.8 Å². The minimum absolute atomic E-state index is 0.157. The highest BCUT2D eigenvalue weighted by molar-refractivity contribution is 5.28. The van der Waals surface area contributed by atoms with Crippen molar-refractivity contribution in [2.24, 2.45) is 13.0 Å². The van der Waals surface area contributed by atoms with E-state index < -0.39 is 11.7 Å². The number of hydrogen-bond donors (Lipinski definition) is 0. The van der Waals surface area contributed by atoms with Crippen molar-refractivity contribution < 1.29 is 17.9 Å². The Kier molecular flexibility index (Phi) is 5.22. The number of aryl methyl sites for hydroxylation is 1. The van der Waals surface area contributed by atoms with Gasteiger partial charge >= 0.3 is 6.18 Å². The van der Waals surface area contributed by atoms with Gasteiger partial charge in [-0.3, -0.25) is 4.90 Å². The second-order valence-electron chi connectivity index (χ2n) is 6.27. The Morgan fingerprint density at radius 2 is 2.20 bits per heavy atom. The van der Waals surface area contributed by atoms with Gasteiger partial charge in [0.05, 0.1) is 13.2 Å². The van der Waals surface area contributed by atoms with Crippen molar-refractivity contribution in [2.45, 2.75) is 25.6 Å². The second kappa shape index (κ2) is 7.38. The summed E-state index contributed by atoms with van der Waals surface area (Å²) in [6.07, 6.45) is 0.391. The van der Waals surface area contributed by atoms with Gasteiger partial charge in [-0.2, -0.15) is 13.2 Å². The maximum Gasteiger partial charge on any atom is 0.421 e. The van der Waals surface area contributed by atoms with Gasteiger partial charge in [-0.05, 0) is 31.5 Å². The zero-order valence-corrected chi connectivity index (χ0v) is 13.9. The number of rotatable bonds is 5. The normalized spacial score (nSPS) is 19.1. The van der Waals surface area contributed by atoms with E-state index in [4.69, 9.17) is 4.74 Å². The second-order valence-corrected chi connectivity index (χ2v) is 6.27. The number of hydrogen-bond acceptors (Lipinski definition) is 5. The molecule has 0 aliphatic carbocycles. The van der Waals surface area contributed by atoms with Crippen molar-refractivity contribution in [2.75, 3.05) is 19.7 Å². The molecule has 1 unspecified atom stereocenters. The van der Waals surface area contributed by atoms with Crippen LogP contribution >= 0.6 is 0 Å². The summed E-state index contributed by atoms with van der Waals surface area (Å²) in [5, 5.41) is 7.93. The van der Waals surface area contributed by atoms with Crippen molar-refractivity contribution in [3.05, 3.63) is 36.0 Å². The molecule has 2 aromatic rings. The minimum Gasteiger partial charge on any atom is -0.477 e. The van der Waals surface area contributed by atoms with Crippen molar-refractivity contribution in [1.82, 2.24) is 24.6 Å². The maximum absolute atomic E-state index is 13.0. The summed E-state index contributed by atoms with van der Waals surface area (Å²) in [6.45, 7) is 2.57. The molecule has 25 heavy (non-hydrogen) atoms. The lowest BCUT2D eigenvalue weighted by molar-refractivity contribution is -0.139. The van der Waals surface area contributed by atoms with Gasteiger partial charge in [-0.15, -0.1) is 10.2 Å². The molecule has 2 aromatic heterocycles. The molecule has 3 rings (SSSR count). The molecule has 0 amide bonds. The summed E-state index contributed by atoms with van der Waals surface area (Å²) in [5.74, 6) is 0.677. The van der Waals surface area contributed by atoms with E-state index >= 15 is 0 Å². The molecule has 9 heteroatoms. The third kappa shape index (κ3) is 4.47. The van der Waals surface area contributed by atoms with Crippen LogP contribution in [-0.4, -0.2) is 44.3 Å². The van der Waals surface area contributed by atoms with Crippen molar-refractivity contribution >= 4 is 0 Å². The van der Waals surface area contributed by atoms with Crippen LogP contribution in [0.1, 0.15) is 24.2 Å². The smallest absolute Gasteiger partial charge is 0.421 e. The number of pyridine rings is 1. The first-order valence-corrected chi connectivity index (χ1v) is 8.13. The Bertz CT molecular complexity index is 703. The lowest BCUT2D eigenvalue weighted by Crippen LogP contribution is -2.38. The van der Waals surface area contributed by atoms with E-state index in [2.05, 4.69) is 20.1 Å². The molecule has 0 N–H and O–H groups in total. The number of piperidine rings is 1. The van der Waals surface area contributed by atoms with Gasteiger partial charge in [-0.1, -0.05) is 0 Å². The van der Waals surface area contributed by atoms with Gasteiger partial charge in [0.15, 0.2) is 0 Å². The van der Waals surface area contributed by atoms with Crippen LogP contribution < -0.4 is 4.74 Å². The summed E-state index contributed by atoms with van der Waals surface area (Å²) in [4.78, 5) is 5.97. The molecular weight excluding hydrogens is 335 g/mol. The van der Waals surface area contributed by atoms with Crippen LogP contribution in [0.4, 0.5) is 13.2 Å². The number of nitrogens with zero attached hydrogens (tertiary/aromatic N) is 5. The molecule has 1 fully saturated rings. The summed E-state index contributed by atoms with van der Waals surface area (Å²) >= 11 is 0. The molecule has 1 atom stereocenters. The lowest BCUT2D eigenvalue weighted by atomic mass is 9.99. The maximum atomic E-state index is 13.0. The largest absolute Gasteiger partial charge is 0.477 e. The Balaban J connectivity index is 1.58. The van der Waals surface area contributed by atoms with Crippen LogP contribution in [0.3, 0.4) is 0 Å². The van der Waals surface area contributed by atoms with Gasteiger partial charge in [0.25, 0.3) is 0 Å². The zero-order valence-electron chi connectivity index (χ0n) is 13.9. The highest BCUT2D eigenvalue weighted by Crippen LogP contribution is 2.34. The van der Waals surface area contributed by atoms with Crippen molar-refractivity contribution in [3.63, 3.8) is 0 Å². The predicted octanol–water partition coefficient (Wildman–Crippen LogP) is 2.52. The first-order valence-electron chi connectivity index (χ1n) is 8.13. The highest BCUT2D eigenvalue weighted by atomic mass is 19.4. The monoisotopic (exact) mass is 355 g/mol. The quantitative estimate of drug-likeness (QED) is 0.825. The molecule has 136 valence electrons. The average Bonchev–Trinajstić information content (AvgIpc) is 2.98. The van der Waals surface area contributed by atoms with E-state index in [0.29, 0.717) is 6.54 Å². The van der Waals surface area contributed by atoms with Crippen LogP contribution in [0, 0.1) is 5.92 Å². The van der Waals surface area contributed by atoms with E-state index in [1.807, 2.05) is 11.6 Å². The number of alkyl halides is 3. The Morgan fingerprint density at radius 3 is 2.92 bits per heavy atom. The summed E-state index contributed by atoms with van der Waals surface area (Å²) in [6, 6.07) is 2.25. The van der Waals surface area contributed by atoms with Gasteiger partial charge < -0.3 is 9.30 Å². The van der Waals surface area contributed by atoms with Crippen LogP contribution in [0.5, 0.6) is 5.88 Å². The molecule has 6 nitrogen and oxygen atoms in total. The summed E-state index contributed by atoms with van der Waals surface area (Å²) in [5.41, 5.74) is -0.832. The summed E-state index contributed by atoms with van der Waals surface area (Å²) < 4.78 is 46.2. The molecule has 0 saturated carbocycles. The number of ether oxygens (including phenoxy) is 1. The number of aromatic nitrogens is 4. The third-order valence-corrected chi connectivity index (χ3v) is 4.31. The molecule has 1 saturated heterocycles. The fourth-order valence-electron chi connectivity index (χ4n) is 3.00. The Labute approximate surface area is 143 Å². The lowest BCUT2D eigenvalue weighted by Gasteiger charge is -2.32. The minimum atomic E-state index is -4.46. The Morgan fingerprint density at radius 1 is 1.36 bits per heavy atom. The average molecular weight is 355 g/mol. The predicted molar refractivity (Wildman–Crippen MR) is 83.7 cm³/mol. The van der Waals surface area contributed by atoms with Crippen LogP contribution in [0.2, 0.25) is 0 Å². The molecule has 3 heterocycles. The molecule has 0 bridgehead atoms. The van der Waals surface area contributed by atoms with Gasteiger partial charge in [0.2, 0.25) is 5.88 Å². The standard InChI is InChI=1S/C16H20F3N5O/c1-23-11-21-22-14(23)9-24-7-3-4-12(8-24)10-25-15-13(16(17,18)19)5-2-6-20-15/h2,5-6,11-12H,3-4,7-10H2,1H3. The summed E-state index contributed by atoms with van der Waals surface area (Å²) in [7, 11) is 1.89. The van der Waals surface area contributed by atoms with Gasteiger partial charge in [0, 0.05) is 25.7 Å². The van der Waals surface area contributed by atoms with E-state index in [9.17, 15) is 13.2 Å². The van der Waals surface area contributed by atoms with Crippen LogP contribution in [0.25, 0.3) is 0 Å². The topological polar surface area (TPSA) is 56.1 Å². The van der Waals surface area contributed by atoms with Gasteiger partial charge in [-0.25, -0.2) is 4.98 Å². The van der Waals surface area contributed by atoms with Gasteiger partial charge in [0.1, 0.15) is 17.7 Å². The van der Waals surface area contributed by atoms with Crippen LogP contribution in [0.15, 0.2) is 24.7 Å². The molecule has 1 aliphatic heterocycles. The van der Waals surface area contributed by atoms with E-state index in [1.54, 1.807) is 6.33 Å². The number of likely N-dealkylation sites (tertiary alicyclic amines) is 1. The first kappa shape index (κ1) is 17.7. The fourth-order valence-corrected chi connectivity index (χ4v) is 3.00. The molecule has 0 aromatic carbocycles. The van der Waals surface area contributed by atoms with E-state index in [-0.39, 0.29) is 18.4 Å². The first-order chi connectivity index (χ1) is 11.9. The fraction of sp³-hybridized carbons (Fsp3) is 0.562. The third-order valence-electron chi connectivity index (χ3n) is 4.31. The van der Waals surface area contributed by atoms with Crippen molar-refractivity contribution in [1.29, 1.82) is 0 Å². The van der Waals surface area contributed by atoms with E-state index in [1.165, 1.54) is 12.3 Å². The molecular formula is C16H20F3N5O. The Hall–Kier alpha value is -2.16. The van der Waals surface area contributed by atoms with Crippen molar-refractivity contribution in [3.8, 4) is 5.88 Å².